The second kappa shape index (κ2) is 3.03. The first kappa shape index (κ1) is 2.96. The van der Waals surface area contributed by atoms with Crippen LogP contribution in [-0.4, -0.2) is 29.2 Å². The van der Waals surface area contributed by atoms with Crippen LogP contribution in [0.4, 0.5) is 5.69 Å². The lowest BCUT2D eigenvalue weighted by Gasteiger charge is -2.38. The summed E-state index contributed by atoms with van der Waals surface area (Å²) in [6.45, 7) is -5.63. The molecule has 2 rings (SSSR count). The Hall–Kier alpha value is -0.610. The minimum atomic E-state index is -3.03. The van der Waals surface area contributed by atoms with Crippen LogP contribution in [0, 0.1) is 0 Å². The lowest BCUT2D eigenvalue weighted by molar-refractivity contribution is 0.142. The molecule has 1 aromatic heterocycles. The van der Waals surface area contributed by atoms with Gasteiger partial charge < -0.3 is 10.0 Å². The van der Waals surface area contributed by atoms with Gasteiger partial charge in [0.05, 0.1) is 28.9 Å². The summed E-state index contributed by atoms with van der Waals surface area (Å²) in [7, 11) is 0. The predicted molar refractivity (Wildman–Crippen MR) is 50.2 cm³/mol. The van der Waals surface area contributed by atoms with Crippen molar-refractivity contribution in [2.75, 3.05) is 17.9 Å². The number of nitrogens with zero attached hydrogens (tertiary/aromatic N) is 2. The molecule has 3 nitrogen and oxygen atoms in total. The highest BCUT2D eigenvalue weighted by Gasteiger charge is 2.25. The van der Waals surface area contributed by atoms with Crippen molar-refractivity contribution < 1.29 is 16.1 Å². The van der Waals surface area contributed by atoms with E-state index in [2.05, 4.69) is 20.9 Å². The van der Waals surface area contributed by atoms with Gasteiger partial charge in [0.15, 0.2) is 0 Å². The zero-order valence-corrected chi connectivity index (χ0v) is 7.31. The highest BCUT2D eigenvalue weighted by atomic mass is 79.9. The molecule has 64 valence electrons. The Balaban J connectivity index is 2.68. The van der Waals surface area contributed by atoms with Crippen LogP contribution in [0.1, 0.15) is 11.0 Å². The van der Waals surface area contributed by atoms with Crippen LogP contribution in [0.15, 0.2) is 22.9 Å². The third kappa shape index (κ3) is 1.32. The van der Waals surface area contributed by atoms with Crippen LogP contribution in [0.3, 0.4) is 0 Å². The number of β-amino-alcohol motifs (C(OH)–C–C–N with tert-alkyl or cyclic N) is 1. The summed E-state index contributed by atoms with van der Waals surface area (Å²) in [5.74, 6) is 0. The molecule has 0 bridgehead atoms. The smallest absolute Gasteiger partial charge is 0.0889 e. The van der Waals surface area contributed by atoms with Gasteiger partial charge in [-0.3, -0.25) is 4.98 Å². The summed E-state index contributed by atoms with van der Waals surface area (Å²) in [6.07, 6.45) is -4.18. The summed E-state index contributed by atoms with van der Waals surface area (Å²) in [5.41, 5.74) is -0.419. The van der Waals surface area contributed by atoms with E-state index in [-0.39, 0.29) is 4.47 Å². The fourth-order valence-electron chi connectivity index (χ4n) is 0.738. The summed E-state index contributed by atoms with van der Waals surface area (Å²) in [4.78, 5) is 3.79. The van der Waals surface area contributed by atoms with Gasteiger partial charge in [-0.25, -0.2) is 0 Å². The number of hydrogen-bond donors (Lipinski definition) is 1. The molecular formula is C8H9BrN2O. The number of rotatable bonds is 1. The molecule has 0 amide bonds. The zero-order valence-electron chi connectivity index (χ0n) is 13.7. The molecule has 0 atom stereocenters. The first-order chi connectivity index (χ1) is 8.87. The molecule has 1 aliphatic rings. The maximum absolute atomic E-state index is 9.60. The molecular weight excluding hydrogens is 220 g/mol. The molecule has 0 saturated carbocycles. The van der Waals surface area contributed by atoms with Gasteiger partial charge in [0, 0.05) is 23.6 Å². The Morgan fingerprint density at radius 1 is 1.92 bits per heavy atom. The fourth-order valence-corrected chi connectivity index (χ4v) is 1.09. The quantitative estimate of drug-likeness (QED) is 0.792. The minimum absolute atomic E-state index is 0.189. The predicted octanol–water partition coefficient (Wildman–Crippen LogP) is 1.02. The Labute approximate surface area is 90.4 Å². The van der Waals surface area contributed by atoms with E-state index in [0.717, 1.165) is 0 Å². The Morgan fingerprint density at radius 3 is 3.42 bits per heavy atom. The molecule has 1 N–H and O–H groups in total. The average molecular weight is 237 g/mol. The molecule has 1 saturated heterocycles. The fraction of sp³-hybridized carbons (Fsp3) is 0.375. The van der Waals surface area contributed by atoms with E-state index in [4.69, 9.17) is 11.0 Å². The summed E-state index contributed by atoms with van der Waals surface area (Å²) < 4.78 is 60.2. The van der Waals surface area contributed by atoms with Gasteiger partial charge in [-0.1, -0.05) is 0 Å². The molecule has 4 heteroatoms. The molecule has 1 aliphatic heterocycles. The van der Waals surface area contributed by atoms with Crippen LogP contribution in [0.25, 0.3) is 0 Å². The molecule has 12 heavy (non-hydrogen) atoms. The van der Waals surface area contributed by atoms with Crippen molar-refractivity contribution in [1.82, 2.24) is 4.98 Å². The average Bonchev–Trinajstić information content (AvgIpc) is 2.30. The maximum Gasteiger partial charge on any atom is 0.0889 e. The second-order valence-electron chi connectivity index (χ2n) is 2.03. The van der Waals surface area contributed by atoms with E-state index < -0.39 is 43.1 Å². The number of aliphatic hydroxyl groups is 1. The van der Waals surface area contributed by atoms with E-state index in [1.165, 1.54) is 0 Å². The largest absolute Gasteiger partial charge is 0.389 e. The normalized spacial score (nSPS) is 38.3. The van der Waals surface area contributed by atoms with Gasteiger partial charge >= 0.3 is 0 Å². The Bertz CT molecular complexity index is 574. The summed E-state index contributed by atoms with van der Waals surface area (Å²) >= 11 is 2.91. The zero-order chi connectivity index (χ0) is 15.7. The molecule has 1 aromatic rings. The SMILES string of the molecule is [2H]c1nc([2H])c(N2C([2H])([2H])C([2H])(O)C2([2H])[2H])c(Br)c1[2H]. The summed E-state index contributed by atoms with van der Waals surface area (Å²) in [5, 5.41) is 9.60. The third-order valence-corrected chi connectivity index (χ3v) is 1.82. The van der Waals surface area contributed by atoms with Crippen molar-refractivity contribution in [2.24, 2.45) is 0 Å². The van der Waals surface area contributed by atoms with Gasteiger partial charge in [-0.15, -0.1) is 0 Å². The molecule has 0 spiro atoms. The number of aromatic nitrogens is 1. The van der Waals surface area contributed by atoms with Crippen LogP contribution in [-0.2, 0) is 0 Å². The van der Waals surface area contributed by atoms with Crippen molar-refractivity contribution in [3.05, 3.63) is 22.9 Å². The first-order valence-electron chi connectivity index (χ1n) is 7.03. The maximum atomic E-state index is 9.60. The molecule has 0 unspecified atom stereocenters. The monoisotopic (exact) mass is 236 g/mol. The highest BCUT2D eigenvalue weighted by molar-refractivity contribution is 9.10. The molecule has 0 aliphatic carbocycles. The Kier molecular flexibility index (Phi) is 0.747. The second-order valence-corrected chi connectivity index (χ2v) is 2.82. The third-order valence-electron chi connectivity index (χ3n) is 1.25. The van der Waals surface area contributed by atoms with Crippen molar-refractivity contribution in [3.63, 3.8) is 0 Å². The molecule has 1 fully saturated rings. The van der Waals surface area contributed by atoms with Crippen molar-refractivity contribution in [3.8, 4) is 0 Å². The Morgan fingerprint density at radius 2 is 2.67 bits per heavy atom. The van der Waals surface area contributed by atoms with Crippen LogP contribution < -0.4 is 4.90 Å². The summed E-state index contributed by atoms with van der Waals surface area (Å²) in [6, 6.07) is -0.442. The van der Waals surface area contributed by atoms with Crippen LogP contribution in [0.5, 0.6) is 0 Å². The number of anilines is 1. The van der Waals surface area contributed by atoms with Gasteiger partial charge in [0.1, 0.15) is 0 Å². The minimum Gasteiger partial charge on any atom is -0.389 e. The topological polar surface area (TPSA) is 36.4 Å². The van der Waals surface area contributed by atoms with Crippen molar-refractivity contribution >= 4 is 21.6 Å². The lowest BCUT2D eigenvalue weighted by atomic mass is 10.1. The van der Waals surface area contributed by atoms with Gasteiger partial charge in [0.2, 0.25) is 0 Å². The highest BCUT2D eigenvalue weighted by Crippen LogP contribution is 2.27. The van der Waals surface area contributed by atoms with Gasteiger partial charge in [-0.2, -0.15) is 0 Å². The lowest BCUT2D eigenvalue weighted by Crippen LogP contribution is -2.51. The van der Waals surface area contributed by atoms with E-state index in [1.807, 2.05) is 0 Å². The molecule has 0 radical (unpaired) electrons. The van der Waals surface area contributed by atoms with E-state index in [9.17, 15) is 5.11 Å². The van der Waals surface area contributed by atoms with E-state index >= 15 is 0 Å². The number of hydrogen-bond acceptors (Lipinski definition) is 3. The molecule has 0 aromatic carbocycles. The van der Waals surface area contributed by atoms with E-state index in [0.29, 0.717) is 4.90 Å². The van der Waals surface area contributed by atoms with Gasteiger partial charge in [0.25, 0.3) is 0 Å². The number of pyridine rings is 1. The van der Waals surface area contributed by atoms with Crippen molar-refractivity contribution in [2.45, 2.75) is 6.08 Å². The standard InChI is InChI=1S/C8H9BrN2O/c9-7-1-2-10-3-8(7)11-4-6(12)5-11/h1-3,6,12H,4-5H2/i1D,2D,3D,4D2,5D2,6D. The first-order valence-corrected chi connectivity index (χ1v) is 3.82. The van der Waals surface area contributed by atoms with Crippen molar-refractivity contribution in [1.29, 1.82) is 0 Å². The molecule has 2 heterocycles. The van der Waals surface area contributed by atoms with Crippen LogP contribution in [0.2, 0.25) is 0 Å². The number of halogens is 1. The van der Waals surface area contributed by atoms with Crippen LogP contribution >= 0.6 is 15.9 Å². The van der Waals surface area contributed by atoms with Gasteiger partial charge in [-0.05, 0) is 22.0 Å². The van der Waals surface area contributed by atoms with E-state index in [1.54, 1.807) is 0 Å².